The minimum Gasteiger partial charge on any atom is -0.374 e. The summed E-state index contributed by atoms with van der Waals surface area (Å²) in [5, 5.41) is 10.1. The Balaban J connectivity index is 2.06. The summed E-state index contributed by atoms with van der Waals surface area (Å²) in [5.74, 6) is 0. The van der Waals surface area contributed by atoms with Gasteiger partial charge in [0.15, 0.2) is 0 Å². The molecule has 33 heavy (non-hydrogen) atoms. The van der Waals surface area contributed by atoms with Crippen molar-refractivity contribution in [3.8, 4) is 0 Å². The van der Waals surface area contributed by atoms with Crippen LogP contribution in [-0.4, -0.2) is 43.2 Å². The van der Waals surface area contributed by atoms with Crippen molar-refractivity contribution in [3.05, 3.63) is 89.5 Å². The average Bonchev–Trinajstić information content (AvgIpc) is 2.83. The van der Waals surface area contributed by atoms with Crippen LogP contribution in [0.5, 0.6) is 0 Å². The van der Waals surface area contributed by atoms with Crippen LogP contribution in [0.3, 0.4) is 0 Å². The minimum absolute atomic E-state index is 0.521. The molecule has 0 bridgehead atoms. The maximum Gasteiger partial charge on any atom is 0.124 e. The molecular weight excluding hydrogens is 406 g/mol. The number of aliphatic hydroxyl groups excluding tert-OH is 1. The van der Waals surface area contributed by atoms with Gasteiger partial charge in [-0.05, 0) is 93.3 Å². The Morgan fingerprint density at radius 3 is 1.70 bits per heavy atom. The zero-order chi connectivity index (χ0) is 23.8. The third-order valence-corrected chi connectivity index (χ3v) is 6.06. The van der Waals surface area contributed by atoms with Gasteiger partial charge in [-0.2, -0.15) is 0 Å². The van der Waals surface area contributed by atoms with E-state index >= 15 is 0 Å². The topological polar surface area (TPSA) is 39.1 Å². The smallest absolute Gasteiger partial charge is 0.124 e. The number of aliphatic imine (C=N–C) groups is 1. The molecule has 4 nitrogen and oxygen atoms in total. The molecule has 1 unspecified atom stereocenters. The summed E-state index contributed by atoms with van der Waals surface area (Å²) in [6.45, 7) is 13.8. The largest absolute Gasteiger partial charge is 0.374 e. The minimum atomic E-state index is -0.521. The first-order valence-corrected chi connectivity index (χ1v) is 12.1. The zero-order valence-corrected chi connectivity index (χ0v) is 20.6. The third kappa shape index (κ3) is 5.82. The predicted octanol–water partition coefficient (Wildman–Crippen LogP) is 6.09. The standard InChI is InChI=1S/C29H37N3O/c1-6-30-26-16-10-23(11-17-26)29(24-12-18-27(19-13-24)31(7-2)8-3)25-14-20-28(21-15-25)32(9-4)22(5)33/h10-22,33H,6-9H2,1-5H3. The van der Waals surface area contributed by atoms with Gasteiger partial charge in [0.2, 0.25) is 0 Å². The summed E-state index contributed by atoms with van der Waals surface area (Å²) < 4.78 is 0. The van der Waals surface area contributed by atoms with Crippen molar-refractivity contribution >= 4 is 22.7 Å². The van der Waals surface area contributed by atoms with Gasteiger partial charge in [0.25, 0.3) is 0 Å². The summed E-state index contributed by atoms with van der Waals surface area (Å²) in [4.78, 5) is 8.85. The van der Waals surface area contributed by atoms with Crippen LogP contribution in [0.2, 0.25) is 0 Å². The van der Waals surface area contributed by atoms with Crippen molar-refractivity contribution < 1.29 is 5.11 Å². The number of nitrogens with zero attached hydrogens (tertiary/aromatic N) is 3. The second-order valence-corrected chi connectivity index (χ2v) is 8.08. The quantitative estimate of drug-likeness (QED) is 0.477. The Morgan fingerprint density at radius 1 is 0.758 bits per heavy atom. The first-order valence-electron chi connectivity index (χ1n) is 12.1. The molecule has 0 aromatic heterocycles. The van der Waals surface area contributed by atoms with Crippen LogP contribution in [-0.2, 0) is 0 Å². The molecule has 0 heterocycles. The van der Waals surface area contributed by atoms with Crippen molar-refractivity contribution in [3.63, 3.8) is 0 Å². The maximum atomic E-state index is 10.1. The van der Waals surface area contributed by atoms with Crippen LogP contribution in [0.1, 0.15) is 45.7 Å². The highest BCUT2D eigenvalue weighted by Crippen LogP contribution is 2.32. The van der Waals surface area contributed by atoms with Gasteiger partial charge in [-0.3, -0.25) is 4.99 Å². The molecule has 2 aromatic carbocycles. The van der Waals surface area contributed by atoms with Crippen molar-refractivity contribution in [2.45, 2.75) is 40.8 Å². The monoisotopic (exact) mass is 443 g/mol. The van der Waals surface area contributed by atoms with Gasteiger partial charge < -0.3 is 14.9 Å². The molecule has 0 amide bonds. The lowest BCUT2D eigenvalue weighted by molar-refractivity contribution is 0.190. The van der Waals surface area contributed by atoms with E-state index in [1.54, 1.807) is 6.92 Å². The van der Waals surface area contributed by atoms with E-state index in [0.717, 1.165) is 48.7 Å². The number of hydrogen-bond acceptors (Lipinski definition) is 4. The molecule has 174 valence electrons. The summed E-state index contributed by atoms with van der Waals surface area (Å²) >= 11 is 0. The van der Waals surface area contributed by atoms with Crippen LogP contribution >= 0.6 is 0 Å². The van der Waals surface area contributed by atoms with Crippen molar-refractivity contribution in [1.29, 1.82) is 0 Å². The summed E-state index contributed by atoms with van der Waals surface area (Å²) in [5.41, 5.74) is 7.95. The molecule has 0 spiro atoms. The third-order valence-electron chi connectivity index (χ3n) is 6.06. The zero-order valence-electron chi connectivity index (χ0n) is 20.6. The molecule has 1 N–H and O–H groups in total. The second-order valence-electron chi connectivity index (χ2n) is 8.08. The van der Waals surface area contributed by atoms with Crippen molar-refractivity contribution in [2.75, 3.05) is 36.0 Å². The lowest BCUT2D eigenvalue weighted by Gasteiger charge is -2.26. The van der Waals surface area contributed by atoms with E-state index in [1.165, 1.54) is 16.8 Å². The van der Waals surface area contributed by atoms with E-state index in [-0.39, 0.29) is 0 Å². The highest BCUT2D eigenvalue weighted by atomic mass is 16.3. The number of aliphatic hydroxyl groups is 1. The Labute approximate surface area is 199 Å². The SMILES string of the molecule is CCN=C1C=CC(=C(c2ccc(N(CC)CC)cc2)c2ccc(N(CC)C(C)O)cc2)C=C1. The number of rotatable bonds is 9. The van der Waals surface area contributed by atoms with Crippen LogP contribution in [0.4, 0.5) is 11.4 Å². The summed E-state index contributed by atoms with van der Waals surface area (Å²) in [6.07, 6.45) is 7.97. The summed E-state index contributed by atoms with van der Waals surface area (Å²) in [7, 11) is 0. The van der Waals surface area contributed by atoms with E-state index in [1.807, 2.05) is 4.90 Å². The molecule has 1 aliphatic rings. The summed E-state index contributed by atoms with van der Waals surface area (Å²) in [6, 6.07) is 17.3. The second kappa shape index (κ2) is 11.7. The van der Waals surface area contributed by atoms with Gasteiger partial charge in [-0.15, -0.1) is 0 Å². The fourth-order valence-electron chi connectivity index (χ4n) is 4.33. The van der Waals surface area contributed by atoms with Crippen LogP contribution in [0.15, 0.2) is 83.4 Å². The predicted molar refractivity (Wildman–Crippen MR) is 143 cm³/mol. The van der Waals surface area contributed by atoms with Gasteiger partial charge in [0, 0.05) is 37.6 Å². The molecule has 0 radical (unpaired) electrons. The highest BCUT2D eigenvalue weighted by Gasteiger charge is 2.14. The van der Waals surface area contributed by atoms with Gasteiger partial charge in [-0.25, -0.2) is 0 Å². The van der Waals surface area contributed by atoms with E-state index in [9.17, 15) is 5.11 Å². The Morgan fingerprint density at radius 2 is 1.27 bits per heavy atom. The van der Waals surface area contributed by atoms with E-state index in [0.29, 0.717) is 0 Å². The lowest BCUT2D eigenvalue weighted by Crippen LogP contribution is -2.32. The normalized spacial score (nSPS) is 13.8. The molecule has 4 heteroatoms. The van der Waals surface area contributed by atoms with Crippen molar-refractivity contribution in [2.24, 2.45) is 4.99 Å². The number of anilines is 2. The fourth-order valence-corrected chi connectivity index (χ4v) is 4.33. The van der Waals surface area contributed by atoms with Gasteiger partial charge in [0.1, 0.15) is 6.23 Å². The van der Waals surface area contributed by atoms with Gasteiger partial charge in [-0.1, -0.05) is 36.4 Å². The molecule has 0 fully saturated rings. The van der Waals surface area contributed by atoms with E-state index in [4.69, 9.17) is 0 Å². The first kappa shape index (κ1) is 24.5. The molecule has 2 aromatic rings. The van der Waals surface area contributed by atoms with Gasteiger partial charge >= 0.3 is 0 Å². The Bertz CT molecular complexity index is 1010. The van der Waals surface area contributed by atoms with Crippen LogP contribution in [0.25, 0.3) is 5.57 Å². The molecule has 3 rings (SSSR count). The fraction of sp³-hybridized carbons (Fsp3) is 0.345. The molecule has 1 atom stereocenters. The van der Waals surface area contributed by atoms with Crippen molar-refractivity contribution in [1.82, 2.24) is 0 Å². The number of benzene rings is 2. The van der Waals surface area contributed by atoms with E-state index < -0.39 is 6.23 Å². The maximum absolute atomic E-state index is 10.1. The molecular formula is C29H37N3O. The van der Waals surface area contributed by atoms with Crippen LogP contribution < -0.4 is 9.80 Å². The molecule has 0 saturated carbocycles. The number of hydrogen-bond donors (Lipinski definition) is 1. The Hall–Kier alpha value is -3.11. The first-order chi connectivity index (χ1) is 16.0. The highest BCUT2D eigenvalue weighted by molar-refractivity contribution is 6.07. The lowest BCUT2D eigenvalue weighted by atomic mass is 9.90. The molecule has 0 aliphatic heterocycles. The molecule has 0 saturated heterocycles. The average molecular weight is 444 g/mol. The molecule has 1 aliphatic carbocycles. The number of allylic oxidation sites excluding steroid dienone is 5. The van der Waals surface area contributed by atoms with Crippen LogP contribution in [0, 0.1) is 0 Å². The van der Waals surface area contributed by atoms with Gasteiger partial charge in [0.05, 0.1) is 5.71 Å². The van der Waals surface area contributed by atoms with E-state index in [2.05, 4.69) is 110 Å². The Kier molecular flexibility index (Phi) is 8.67.